The molecule has 1 spiro atoms. The minimum Gasteiger partial charge on any atom is -0.487 e. The summed E-state index contributed by atoms with van der Waals surface area (Å²) < 4.78 is 8.42. The van der Waals surface area contributed by atoms with Gasteiger partial charge in [-0.3, -0.25) is 9.59 Å². The second-order valence-electron chi connectivity index (χ2n) is 14.5. The van der Waals surface area contributed by atoms with E-state index in [0.717, 1.165) is 55.4 Å². The van der Waals surface area contributed by atoms with E-state index >= 15 is 0 Å². The third-order valence-electron chi connectivity index (χ3n) is 10.6. The summed E-state index contributed by atoms with van der Waals surface area (Å²) in [6.07, 6.45) is 10.8. The number of hydrogen-bond acceptors (Lipinski definition) is 5. The van der Waals surface area contributed by atoms with Crippen LogP contribution >= 0.6 is 0 Å². The fourth-order valence-electron chi connectivity index (χ4n) is 7.94. The molecule has 7 heteroatoms. The number of fused-ring (bicyclic) bond motifs is 1. The van der Waals surface area contributed by atoms with Crippen molar-refractivity contribution in [3.05, 3.63) is 99.5 Å². The van der Waals surface area contributed by atoms with Gasteiger partial charge in [0.2, 0.25) is 0 Å². The van der Waals surface area contributed by atoms with Crippen LogP contribution in [0.15, 0.2) is 71.7 Å². The van der Waals surface area contributed by atoms with Crippen molar-refractivity contribution >= 4 is 5.91 Å². The maximum Gasteiger partial charge on any atom is 0.253 e. The molecule has 2 heterocycles. The molecule has 0 bridgehead atoms. The molecule has 2 saturated carbocycles. The number of pyridine rings is 1. The van der Waals surface area contributed by atoms with E-state index < -0.39 is 12.1 Å². The van der Waals surface area contributed by atoms with Gasteiger partial charge in [-0.2, -0.15) is 0 Å². The Morgan fingerprint density at radius 3 is 2.57 bits per heavy atom. The number of carbonyl (C=O) groups is 1. The van der Waals surface area contributed by atoms with Gasteiger partial charge in [0.1, 0.15) is 11.4 Å². The van der Waals surface area contributed by atoms with Crippen molar-refractivity contribution in [3.8, 4) is 5.75 Å². The highest BCUT2D eigenvalue weighted by molar-refractivity contribution is 5.94. The molecule has 3 aliphatic rings. The summed E-state index contributed by atoms with van der Waals surface area (Å²) in [5.74, 6) is 1.63. The number of ether oxygens (including phenoxy) is 1. The maximum absolute atomic E-state index is 13.7. The Balaban J connectivity index is 1.21. The molecule has 0 saturated heterocycles. The van der Waals surface area contributed by atoms with Gasteiger partial charge in [0.05, 0.1) is 17.7 Å². The van der Waals surface area contributed by atoms with Gasteiger partial charge in [0, 0.05) is 42.9 Å². The lowest BCUT2D eigenvalue weighted by Gasteiger charge is -2.41. The normalized spacial score (nSPS) is 23.5. The molecule has 5 atom stereocenters. The first-order chi connectivity index (χ1) is 22.2. The Bertz CT molecular complexity index is 1540. The summed E-state index contributed by atoms with van der Waals surface area (Å²) in [5.41, 5.74) is 3.67. The Morgan fingerprint density at radius 2 is 1.83 bits per heavy atom. The van der Waals surface area contributed by atoms with Crippen molar-refractivity contribution in [3.63, 3.8) is 0 Å². The van der Waals surface area contributed by atoms with Crippen LogP contribution in [0.3, 0.4) is 0 Å². The monoisotopic (exact) mass is 625 g/mol. The zero-order valence-electron chi connectivity index (χ0n) is 27.7. The molecule has 46 heavy (non-hydrogen) atoms. The van der Waals surface area contributed by atoms with Gasteiger partial charge in [-0.05, 0) is 80.0 Å². The van der Waals surface area contributed by atoms with Crippen molar-refractivity contribution in [2.45, 2.75) is 121 Å². The lowest BCUT2D eigenvalue weighted by molar-refractivity contribution is 0.0326. The minimum absolute atomic E-state index is 0.0460. The summed E-state index contributed by atoms with van der Waals surface area (Å²) in [4.78, 5) is 26.5. The van der Waals surface area contributed by atoms with Gasteiger partial charge >= 0.3 is 0 Å². The largest absolute Gasteiger partial charge is 0.487 e. The lowest BCUT2D eigenvalue weighted by Crippen LogP contribution is -2.50. The lowest BCUT2D eigenvalue weighted by atomic mass is 9.84. The Morgan fingerprint density at radius 1 is 1.04 bits per heavy atom. The molecule has 1 aromatic heterocycles. The van der Waals surface area contributed by atoms with Gasteiger partial charge in [-0.25, -0.2) is 0 Å². The average molecular weight is 626 g/mol. The van der Waals surface area contributed by atoms with E-state index in [1.807, 2.05) is 30.3 Å². The molecule has 1 aliphatic heterocycles. The number of aliphatic hydroxyl groups is 1. The number of rotatable bonds is 10. The molecule has 3 N–H and O–H groups in total. The highest BCUT2D eigenvalue weighted by atomic mass is 16.5. The number of aliphatic hydroxyl groups excluding tert-OH is 1. The molecule has 2 aromatic carbocycles. The van der Waals surface area contributed by atoms with Gasteiger partial charge in [-0.15, -0.1) is 0 Å². The highest BCUT2D eigenvalue weighted by Crippen LogP contribution is 2.47. The van der Waals surface area contributed by atoms with Crippen LogP contribution in [0.5, 0.6) is 5.75 Å². The van der Waals surface area contributed by atoms with Crippen molar-refractivity contribution in [2.24, 2.45) is 5.92 Å². The number of nitrogens with one attached hydrogen (secondary N) is 2. The van der Waals surface area contributed by atoms with E-state index in [9.17, 15) is 14.7 Å². The molecule has 7 nitrogen and oxygen atoms in total. The minimum atomic E-state index is -0.839. The third-order valence-corrected chi connectivity index (χ3v) is 10.6. The van der Waals surface area contributed by atoms with Crippen molar-refractivity contribution in [1.82, 2.24) is 15.2 Å². The number of amides is 1. The van der Waals surface area contributed by atoms with E-state index in [0.29, 0.717) is 30.4 Å². The fourth-order valence-corrected chi connectivity index (χ4v) is 7.94. The van der Waals surface area contributed by atoms with Gasteiger partial charge < -0.3 is 25.0 Å². The number of aromatic nitrogens is 1. The van der Waals surface area contributed by atoms with Gasteiger partial charge in [-0.1, -0.05) is 76.1 Å². The summed E-state index contributed by atoms with van der Waals surface area (Å²) in [6, 6.07) is 19.3. The molecule has 246 valence electrons. The van der Waals surface area contributed by atoms with Crippen molar-refractivity contribution in [1.29, 1.82) is 0 Å². The van der Waals surface area contributed by atoms with Crippen molar-refractivity contribution in [2.75, 3.05) is 6.54 Å². The Kier molecular flexibility index (Phi) is 10.00. The van der Waals surface area contributed by atoms with Crippen LogP contribution in [0.4, 0.5) is 0 Å². The maximum atomic E-state index is 13.7. The van der Waals surface area contributed by atoms with E-state index in [4.69, 9.17) is 4.74 Å². The second kappa shape index (κ2) is 14.1. The van der Waals surface area contributed by atoms with Crippen LogP contribution in [-0.4, -0.2) is 39.9 Å². The molecule has 2 aliphatic carbocycles. The number of carbonyl (C=O) groups excluding carboxylic acids is 1. The summed E-state index contributed by atoms with van der Waals surface area (Å²) in [7, 11) is 0. The molecular weight excluding hydrogens is 574 g/mol. The molecule has 1 amide bonds. The summed E-state index contributed by atoms with van der Waals surface area (Å²) in [6.45, 7) is 6.96. The van der Waals surface area contributed by atoms with Crippen LogP contribution in [0, 0.1) is 5.92 Å². The van der Waals surface area contributed by atoms with Gasteiger partial charge in [0.15, 0.2) is 0 Å². The highest BCUT2D eigenvalue weighted by Gasteiger charge is 2.43. The molecular formula is C39H51N3O4. The van der Waals surface area contributed by atoms with E-state index in [-0.39, 0.29) is 29.2 Å². The Hall–Kier alpha value is -3.42. The van der Waals surface area contributed by atoms with Crippen molar-refractivity contribution < 1.29 is 14.6 Å². The van der Waals surface area contributed by atoms with Gasteiger partial charge in [0.25, 0.3) is 11.5 Å². The number of benzene rings is 2. The number of nitrogens with zero attached hydrogens (tertiary/aromatic N) is 1. The number of hydrogen-bond donors (Lipinski definition) is 3. The van der Waals surface area contributed by atoms with Crippen LogP contribution in [0.2, 0.25) is 0 Å². The zero-order valence-corrected chi connectivity index (χ0v) is 27.7. The molecule has 2 unspecified atom stereocenters. The predicted molar refractivity (Wildman–Crippen MR) is 182 cm³/mol. The summed E-state index contributed by atoms with van der Waals surface area (Å²) >= 11 is 0. The van der Waals surface area contributed by atoms with E-state index in [1.165, 1.54) is 30.9 Å². The van der Waals surface area contributed by atoms with Crippen LogP contribution in [-0.2, 0) is 6.42 Å². The second-order valence-corrected chi connectivity index (χ2v) is 14.5. The van der Waals surface area contributed by atoms with Crippen LogP contribution in [0.25, 0.3) is 0 Å². The molecule has 2 fully saturated rings. The van der Waals surface area contributed by atoms with E-state index in [2.05, 4.69) is 49.6 Å². The third kappa shape index (κ3) is 7.42. The van der Waals surface area contributed by atoms with Crippen LogP contribution in [0.1, 0.15) is 124 Å². The smallest absolute Gasteiger partial charge is 0.253 e. The Labute approximate surface area is 273 Å². The van der Waals surface area contributed by atoms with E-state index in [1.54, 1.807) is 16.8 Å². The average Bonchev–Trinajstić information content (AvgIpc) is 3.50. The fraction of sp³-hybridized carbons (Fsp3) is 0.538. The quantitative estimate of drug-likeness (QED) is 0.229. The molecule has 6 rings (SSSR count). The summed E-state index contributed by atoms with van der Waals surface area (Å²) in [5, 5.41) is 18.6. The molecule has 3 aromatic rings. The zero-order chi connectivity index (χ0) is 32.3. The standard InChI is InChI=1S/C39H51N3O4/c1-26(2)29-14-16-36-32(22-29)34(23-39(46-36)18-7-8-19-39)40-24-35(43)33(21-28-11-5-4-6-12-28)41-38(45)30-15-17-37(44)42(25-30)31-13-9-10-27(3)20-31/h4-6,11-12,14-17,22,25-27,31,33-35,40,43H,7-10,13,18-21,23-24H2,1-3H3,(H,41,45)/t27?,31?,33-,34-,35+/m0/s1. The topological polar surface area (TPSA) is 92.6 Å². The van der Waals surface area contributed by atoms with Crippen LogP contribution < -0.4 is 20.9 Å². The predicted octanol–water partition coefficient (Wildman–Crippen LogP) is 6.85. The first-order valence-electron chi connectivity index (χ1n) is 17.5. The molecule has 0 radical (unpaired) electrons. The first-order valence-corrected chi connectivity index (χ1v) is 17.5. The SMILES string of the molecule is CC1CCCC(n2cc(C(=O)N[C@@H](Cc3ccccc3)[C@H](O)CN[C@H]3CC4(CCCC4)Oc4ccc(C(C)C)cc43)ccc2=O)C1. The first kappa shape index (κ1) is 32.5.